The van der Waals surface area contributed by atoms with Gasteiger partial charge in [-0.2, -0.15) is 0 Å². The van der Waals surface area contributed by atoms with Gasteiger partial charge in [-0.1, -0.05) is 12.1 Å². The average Bonchev–Trinajstić information content (AvgIpc) is 2.79. The van der Waals surface area contributed by atoms with Gasteiger partial charge in [0.2, 0.25) is 5.88 Å². The second kappa shape index (κ2) is 8.27. The highest BCUT2D eigenvalue weighted by atomic mass is 19.1. The lowest BCUT2D eigenvalue weighted by molar-refractivity contribution is 0.101. The molecule has 154 valence electrons. The number of nitrogens with zero attached hydrogens (tertiary/aromatic N) is 2. The number of ketones is 1. The molecule has 1 amide bonds. The van der Waals surface area contributed by atoms with Crippen molar-refractivity contribution >= 4 is 28.4 Å². The van der Waals surface area contributed by atoms with Crippen LogP contribution in [0, 0.1) is 11.6 Å². The van der Waals surface area contributed by atoms with Crippen molar-refractivity contribution in [2.24, 2.45) is 0 Å². The normalized spacial score (nSPS) is 10.7. The van der Waals surface area contributed by atoms with Crippen molar-refractivity contribution in [3.63, 3.8) is 0 Å². The molecule has 1 N–H and O–H groups in total. The van der Waals surface area contributed by atoms with Crippen LogP contribution in [0.15, 0.2) is 66.9 Å². The summed E-state index contributed by atoms with van der Waals surface area (Å²) in [7, 11) is 1.45. The summed E-state index contributed by atoms with van der Waals surface area (Å²) in [4.78, 5) is 33.7. The molecule has 1 heterocycles. The lowest BCUT2D eigenvalue weighted by atomic mass is 10.0. The highest BCUT2D eigenvalue weighted by Gasteiger charge is 2.19. The quantitative estimate of drug-likeness (QED) is 0.485. The van der Waals surface area contributed by atoms with E-state index in [-0.39, 0.29) is 28.3 Å². The van der Waals surface area contributed by atoms with E-state index in [4.69, 9.17) is 4.74 Å². The predicted molar refractivity (Wildman–Crippen MR) is 110 cm³/mol. The zero-order valence-electron chi connectivity index (χ0n) is 16.2. The van der Waals surface area contributed by atoms with Gasteiger partial charge in [0.15, 0.2) is 11.6 Å². The lowest BCUT2D eigenvalue weighted by Crippen LogP contribution is -2.15. The van der Waals surface area contributed by atoms with Gasteiger partial charge in [-0.3, -0.25) is 9.59 Å². The van der Waals surface area contributed by atoms with Gasteiger partial charge >= 0.3 is 0 Å². The fourth-order valence-corrected chi connectivity index (χ4v) is 3.02. The standard InChI is InChI=1S/C23H15F2N3O3/c1-31-20-12-26-17-9-8-13(11-19(17)27-20)22(29)16-6-3-7-18(21(16)25)28-23(30)14-4-2-5-15(24)10-14/h2-12H,1H3,(H,28,30). The lowest BCUT2D eigenvalue weighted by Gasteiger charge is -2.10. The minimum Gasteiger partial charge on any atom is -0.480 e. The molecule has 0 unspecified atom stereocenters. The molecule has 31 heavy (non-hydrogen) atoms. The Balaban J connectivity index is 1.65. The fraction of sp³-hybridized carbons (Fsp3) is 0.0435. The van der Waals surface area contributed by atoms with Crippen molar-refractivity contribution < 1.29 is 23.1 Å². The van der Waals surface area contributed by atoms with Crippen LogP contribution in [0.3, 0.4) is 0 Å². The summed E-state index contributed by atoms with van der Waals surface area (Å²) in [6, 6.07) is 13.7. The number of aromatic nitrogens is 2. The van der Waals surface area contributed by atoms with Gasteiger partial charge in [0.1, 0.15) is 5.82 Å². The van der Waals surface area contributed by atoms with Crippen molar-refractivity contribution in [2.75, 3.05) is 12.4 Å². The first kappa shape index (κ1) is 20.1. The molecule has 0 aliphatic heterocycles. The number of rotatable bonds is 5. The number of anilines is 1. The molecule has 0 atom stereocenters. The third kappa shape index (κ3) is 4.09. The smallest absolute Gasteiger partial charge is 0.255 e. The van der Waals surface area contributed by atoms with E-state index in [0.717, 1.165) is 6.07 Å². The maximum Gasteiger partial charge on any atom is 0.255 e. The van der Waals surface area contributed by atoms with E-state index < -0.39 is 23.3 Å². The van der Waals surface area contributed by atoms with Crippen LogP contribution in [-0.2, 0) is 0 Å². The van der Waals surface area contributed by atoms with Crippen LogP contribution in [0.4, 0.5) is 14.5 Å². The van der Waals surface area contributed by atoms with Crippen molar-refractivity contribution in [1.29, 1.82) is 0 Å². The van der Waals surface area contributed by atoms with Crippen LogP contribution in [0.1, 0.15) is 26.3 Å². The number of carbonyl (C=O) groups is 2. The summed E-state index contributed by atoms with van der Waals surface area (Å²) in [6.07, 6.45) is 1.45. The predicted octanol–water partition coefficient (Wildman–Crippen LogP) is 4.40. The molecule has 0 saturated heterocycles. The van der Waals surface area contributed by atoms with E-state index >= 15 is 4.39 Å². The van der Waals surface area contributed by atoms with Gasteiger partial charge < -0.3 is 10.1 Å². The molecular weight excluding hydrogens is 404 g/mol. The fourth-order valence-electron chi connectivity index (χ4n) is 3.02. The van der Waals surface area contributed by atoms with Crippen LogP contribution < -0.4 is 10.1 Å². The Morgan fingerprint density at radius 2 is 1.74 bits per heavy atom. The Labute approximate surface area is 175 Å². The van der Waals surface area contributed by atoms with Crippen LogP contribution in [-0.4, -0.2) is 28.8 Å². The number of ether oxygens (including phenoxy) is 1. The van der Waals surface area contributed by atoms with Crippen LogP contribution >= 0.6 is 0 Å². The first-order valence-electron chi connectivity index (χ1n) is 9.17. The van der Waals surface area contributed by atoms with Gasteiger partial charge in [-0.05, 0) is 48.5 Å². The number of hydrogen-bond acceptors (Lipinski definition) is 5. The van der Waals surface area contributed by atoms with Crippen LogP contribution in [0.25, 0.3) is 11.0 Å². The van der Waals surface area contributed by atoms with Crippen molar-refractivity contribution in [2.45, 2.75) is 0 Å². The Kier molecular flexibility index (Phi) is 5.36. The molecule has 4 rings (SSSR count). The Morgan fingerprint density at radius 3 is 2.52 bits per heavy atom. The molecule has 0 spiro atoms. The molecule has 0 aliphatic carbocycles. The largest absolute Gasteiger partial charge is 0.480 e. The van der Waals surface area contributed by atoms with Crippen molar-refractivity contribution in [3.05, 3.63) is 95.2 Å². The van der Waals surface area contributed by atoms with E-state index in [0.29, 0.717) is 11.0 Å². The zero-order valence-corrected chi connectivity index (χ0v) is 16.2. The number of nitrogens with one attached hydrogen (secondary N) is 1. The maximum absolute atomic E-state index is 15.0. The summed E-state index contributed by atoms with van der Waals surface area (Å²) >= 11 is 0. The second-order valence-electron chi connectivity index (χ2n) is 6.58. The highest BCUT2D eigenvalue weighted by Crippen LogP contribution is 2.23. The van der Waals surface area contributed by atoms with E-state index in [1.807, 2.05) is 0 Å². The molecule has 0 fully saturated rings. The molecular formula is C23H15F2N3O3. The monoisotopic (exact) mass is 419 g/mol. The van der Waals surface area contributed by atoms with E-state index in [1.165, 1.54) is 61.8 Å². The summed E-state index contributed by atoms with van der Waals surface area (Å²) < 4.78 is 33.4. The summed E-state index contributed by atoms with van der Waals surface area (Å²) in [5, 5.41) is 2.37. The van der Waals surface area contributed by atoms with E-state index in [9.17, 15) is 14.0 Å². The molecule has 0 bridgehead atoms. The van der Waals surface area contributed by atoms with E-state index in [2.05, 4.69) is 15.3 Å². The molecule has 0 saturated carbocycles. The first-order valence-corrected chi connectivity index (χ1v) is 9.17. The Morgan fingerprint density at radius 1 is 0.935 bits per heavy atom. The molecule has 0 radical (unpaired) electrons. The topological polar surface area (TPSA) is 81.2 Å². The number of benzene rings is 3. The molecule has 8 heteroatoms. The second-order valence-corrected chi connectivity index (χ2v) is 6.58. The van der Waals surface area contributed by atoms with Gasteiger partial charge in [0, 0.05) is 11.1 Å². The highest BCUT2D eigenvalue weighted by molar-refractivity contribution is 6.11. The molecule has 3 aromatic carbocycles. The number of methoxy groups -OCH3 is 1. The number of carbonyl (C=O) groups excluding carboxylic acids is 2. The number of amides is 1. The zero-order chi connectivity index (χ0) is 22.0. The van der Waals surface area contributed by atoms with Crippen molar-refractivity contribution in [1.82, 2.24) is 9.97 Å². The maximum atomic E-state index is 15.0. The summed E-state index contributed by atoms with van der Waals surface area (Å²) in [6.45, 7) is 0. The summed E-state index contributed by atoms with van der Waals surface area (Å²) in [5.41, 5.74) is 0.769. The van der Waals surface area contributed by atoms with Gasteiger partial charge in [0.25, 0.3) is 5.91 Å². The van der Waals surface area contributed by atoms with Crippen molar-refractivity contribution in [3.8, 4) is 5.88 Å². The minimum atomic E-state index is -0.894. The summed E-state index contributed by atoms with van der Waals surface area (Å²) in [5.74, 6) is -2.49. The average molecular weight is 419 g/mol. The molecule has 0 aliphatic rings. The van der Waals surface area contributed by atoms with E-state index in [1.54, 1.807) is 6.07 Å². The number of halogens is 2. The molecule has 4 aromatic rings. The third-order valence-corrected chi connectivity index (χ3v) is 4.57. The number of fused-ring (bicyclic) bond motifs is 1. The molecule has 1 aromatic heterocycles. The minimum absolute atomic E-state index is 0.0261. The van der Waals surface area contributed by atoms with Gasteiger partial charge in [-0.25, -0.2) is 18.7 Å². The Bertz CT molecular complexity index is 1320. The van der Waals surface area contributed by atoms with Gasteiger partial charge in [-0.15, -0.1) is 0 Å². The third-order valence-electron chi connectivity index (χ3n) is 4.57. The van der Waals surface area contributed by atoms with Gasteiger partial charge in [0.05, 0.1) is 35.6 Å². The number of hydrogen-bond donors (Lipinski definition) is 1. The van der Waals surface area contributed by atoms with Crippen LogP contribution in [0.2, 0.25) is 0 Å². The Hall–Kier alpha value is -4.20. The molecule has 6 nitrogen and oxygen atoms in total. The first-order chi connectivity index (χ1) is 15.0. The SMILES string of the molecule is COc1cnc2ccc(C(=O)c3cccc(NC(=O)c4cccc(F)c4)c3F)cc2n1. The van der Waals surface area contributed by atoms with Crippen LogP contribution in [0.5, 0.6) is 5.88 Å².